The Bertz CT molecular complexity index is 659. The number of methoxy groups -OCH3 is 2. The molecule has 10 heteroatoms. The van der Waals surface area contributed by atoms with Crippen LogP contribution in [0, 0.1) is 0 Å². The standard InChI is InChI=1S/C13H10Br2F3NO4/c1-22-10(20)5-9(12(21)23-2)19-11-7(13(16,17)18)3-6(14)4-8(11)15/h3-5,19H,1-2H3/b9-5+. The molecule has 0 amide bonds. The van der Waals surface area contributed by atoms with E-state index in [9.17, 15) is 22.8 Å². The van der Waals surface area contributed by atoms with E-state index in [2.05, 4.69) is 46.7 Å². The van der Waals surface area contributed by atoms with E-state index in [1.165, 1.54) is 6.07 Å². The van der Waals surface area contributed by atoms with Crippen molar-refractivity contribution in [3.05, 3.63) is 38.4 Å². The van der Waals surface area contributed by atoms with E-state index < -0.39 is 35.1 Å². The Kier molecular flexibility index (Phi) is 6.63. The van der Waals surface area contributed by atoms with Gasteiger partial charge in [-0.25, -0.2) is 9.59 Å². The molecule has 0 atom stereocenters. The molecule has 1 rings (SSSR count). The van der Waals surface area contributed by atoms with Crippen LogP contribution < -0.4 is 5.32 Å². The molecule has 0 aliphatic rings. The van der Waals surface area contributed by atoms with E-state index in [0.717, 1.165) is 20.3 Å². The van der Waals surface area contributed by atoms with Gasteiger partial charge in [-0.1, -0.05) is 15.9 Å². The minimum Gasteiger partial charge on any atom is -0.466 e. The predicted molar refractivity (Wildman–Crippen MR) is 82.6 cm³/mol. The maximum atomic E-state index is 13.2. The molecule has 0 radical (unpaired) electrons. The third-order valence-corrected chi connectivity index (χ3v) is 3.57. The fraction of sp³-hybridized carbons (Fsp3) is 0.231. The van der Waals surface area contributed by atoms with E-state index in [1.54, 1.807) is 0 Å². The maximum absolute atomic E-state index is 13.2. The Morgan fingerprint density at radius 1 is 1.17 bits per heavy atom. The summed E-state index contributed by atoms with van der Waals surface area (Å²) in [5.41, 5.74) is -1.99. The number of benzene rings is 1. The summed E-state index contributed by atoms with van der Waals surface area (Å²) in [6, 6.07) is 2.19. The van der Waals surface area contributed by atoms with Gasteiger partial charge < -0.3 is 14.8 Å². The number of ether oxygens (including phenoxy) is 2. The Morgan fingerprint density at radius 3 is 2.26 bits per heavy atom. The molecule has 1 N–H and O–H groups in total. The van der Waals surface area contributed by atoms with Crippen molar-refractivity contribution in [2.45, 2.75) is 6.18 Å². The Balaban J connectivity index is 3.42. The van der Waals surface area contributed by atoms with Crippen molar-refractivity contribution < 1.29 is 32.2 Å². The molecule has 0 unspecified atom stereocenters. The molecular weight excluding hydrogens is 451 g/mol. The first-order chi connectivity index (χ1) is 10.6. The van der Waals surface area contributed by atoms with Gasteiger partial charge in [0.15, 0.2) is 0 Å². The number of alkyl halides is 3. The van der Waals surface area contributed by atoms with E-state index in [1.807, 2.05) is 0 Å². The van der Waals surface area contributed by atoms with Crippen molar-refractivity contribution in [1.29, 1.82) is 0 Å². The zero-order chi connectivity index (χ0) is 17.8. The molecule has 0 heterocycles. The second-order valence-corrected chi connectivity index (χ2v) is 5.78. The maximum Gasteiger partial charge on any atom is 0.418 e. The smallest absolute Gasteiger partial charge is 0.418 e. The third kappa shape index (κ3) is 5.24. The molecule has 0 saturated heterocycles. The average molecular weight is 461 g/mol. The molecule has 126 valence electrons. The summed E-state index contributed by atoms with van der Waals surface area (Å²) >= 11 is 5.95. The fourth-order valence-corrected chi connectivity index (χ4v) is 2.82. The van der Waals surface area contributed by atoms with Crippen LogP contribution >= 0.6 is 31.9 Å². The van der Waals surface area contributed by atoms with Crippen molar-refractivity contribution in [3.8, 4) is 0 Å². The highest BCUT2D eigenvalue weighted by Crippen LogP contribution is 2.41. The first-order valence-corrected chi connectivity index (χ1v) is 7.40. The molecule has 5 nitrogen and oxygen atoms in total. The van der Waals surface area contributed by atoms with E-state index in [0.29, 0.717) is 6.08 Å². The van der Waals surface area contributed by atoms with Crippen LogP contribution in [-0.4, -0.2) is 26.2 Å². The lowest BCUT2D eigenvalue weighted by atomic mass is 10.1. The van der Waals surface area contributed by atoms with Crippen molar-refractivity contribution in [2.24, 2.45) is 0 Å². The lowest BCUT2D eigenvalue weighted by molar-refractivity contribution is -0.138. The van der Waals surface area contributed by atoms with Crippen LogP contribution in [0.5, 0.6) is 0 Å². The van der Waals surface area contributed by atoms with Gasteiger partial charge in [-0.15, -0.1) is 0 Å². The summed E-state index contributed by atoms with van der Waals surface area (Å²) in [6.45, 7) is 0. The van der Waals surface area contributed by atoms with Gasteiger partial charge in [0, 0.05) is 8.95 Å². The molecular formula is C13H10Br2F3NO4. The molecule has 0 spiro atoms. The number of hydrogen-bond acceptors (Lipinski definition) is 5. The van der Waals surface area contributed by atoms with Gasteiger partial charge in [0.2, 0.25) is 0 Å². The van der Waals surface area contributed by atoms with Gasteiger partial charge >= 0.3 is 18.1 Å². The third-order valence-electron chi connectivity index (χ3n) is 2.49. The summed E-state index contributed by atoms with van der Waals surface area (Å²) in [5, 5.41) is 2.26. The molecule has 0 fully saturated rings. The van der Waals surface area contributed by atoms with Crippen LogP contribution in [0.4, 0.5) is 18.9 Å². The molecule has 0 aliphatic carbocycles. The number of nitrogens with one attached hydrogen (secondary N) is 1. The monoisotopic (exact) mass is 459 g/mol. The fourth-order valence-electron chi connectivity index (χ4n) is 1.49. The SMILES string of the molecule is COC(=O)/C=C(/Nc1c(Br)cc(Br)cc1C(F)(F)F)C(=O)OC. The summed E-state index contributed by atoms with van der Waals surface area (Å²) < 4.78 is 48.5. The highest BCUT2D eigenvalue weighted by atomic mass is 79.9. The number of halogens is 5. The van der Waals surface area contributed by atoms with Crippen molar-refractivity contribution in [3.63, 3.8) is 0 Å². The molecule has 0 aromatic heterocycles. The average Bonchev–Trinajstić information content (AvgIpc) is 2.46. The highest BCUT2D eigenvalue weighted by Gasteiger charge is 2.35. The number of hydrogen-bond donors (Lipinski definition) is 1. The largest absolute Gasteiger partial charge is 0.466 e. The van der Waals surface area contributed by atoms with Crippen molar-refractivity contribution in [1.82, 2.24) is 0 Å². The highest BCUT2D eigenvalue weighted by molar-refractivity contribution is 9.11. The lowest BCUT2D eigenvalue weighted by Crippen LogP contribution is -2.18. The van der Waals surface area contributed by atoms with Crippen LogP contribution in [0.3, 0.4) is 0 Å². The van der Waals surface area contributed by atoms with Gasteiger partial charge in [0.25, 0.3) is 0 Å². The van der Waals surface area contributed by atoms with Gasteiger partial charge in [-0.3, -0.25) is 0 Å². The van der Waals surface area contributed by atoms with Crippen LogP contribution in [0.1, 0.15) is 5.56 Å². The molecule has 0 bridgehead atoms. The lowest BCUT2D eigenvalue weighted by Gasteiger charge is -2.17. The second kappa shape index (κ2) is 7.82. The molecule has 1 aromatic rings. The summed E-state index contributed by atoms with van der Waals surface area (Å²) in [5.74, 6) is -1.96. The minimum atomic E-state index is -4.69. The topological polar surface area (TPSA) is 64.6 Å². The number of carbonyl (C=O) groups is 2. The zero-order valence-electron chi connectivity index (χ0n) is 11.8. The Hall–Kier alpha value is -1.55. The van der Waals surface area contributed by atoms with Crippen LogP contribution in [0.15, 0.2) is 32.9 Å². The van der Waals surface area contributed by atoms with Gasteiger partial charge in [-0.05, 0) is 28.1 Å². The summed E-state index contributed by atoms with van der Waals surface area (Å²) in [4.78, 5) is 22.9. The van der Waals surface area contributed by atoms with Crippen LogP contribution in [-0.2, 0) is 25.2 Å². The van der Waals surface area contributed by atoms with Crippen LogP contribution in [0.2, 0.25) is 0 Å². The van der Waals surface area contributed by atoms with Crippen LogP contribution in [0.25, 0.3) is 0 Å². The van der Waals surface area contributed by atoms with E-state index >= 15 is 0 Å². The second-order valence-electron chi connectivity index (χ2n) is 4.01. The predicted octanol–water partition coefficient (Wildman–Crippen LogP) is 3.87. The number of anilines is 1. The number of esters is 2. The molecule has 0 saturated carbocycles. The molecule has 0 aliphatic heterocycles. The van der Waals surface area contributed by atoms with Gasteiger partial charge in [0.1, 0.15) is 5.70 Å². The first kappa shape index (κ1) is 19.5. The zero-order valence-corrected chi connectivity index (χ0v) is 14.9. The molecule has 23 heavy (non-hydrogen) atoms. The molecule has 1 aromatic carbocycles. The van der Waals surface area contributed by atoms with E-state index in [-0.39, 0.29) is 8.95 Å². The minimum absolute atomic E-state index is 0.0267. The van der Waals surface area contributed by atoms with Crippen molar-refractivity contribution >= 4 is 49.5 Å². The first-order valence-electron chi connectivity index (χ1n) is 5.81. The van der Waals surface area contributed by atoms with Gasteiger partial charge in [0.05, 0.1) is 31.5 Å². The Labute approximate surface area is 146 Å². The normalized spacial score (nSPS) is 11.9. The summed E-state index contributed by atoms with van der Waals surface area (Å²) in [6.07, 6.45) is -4.00. The number of rotatable bonds is 4. The summed E-state index contributed by atoms with van der Waals surface area (Å²) in [7, 11) is 2.08. The quantitative estimate of drug-likeness (QED) is 0.545. The Morgan fingerprint density at radius 2 is 1.78 bits per heavy atom. The van der Waals surface area contributed by atoms with Crippen molar-refractivity contribution in [2.75, 3.05) is 19.5 Å². The van der Waals surface area contributed by atoms with E-state index in [4.69, 9.17) is 0 Å². The van der Waals surface area contributed by atoms with Gasteiger partial charge in [-0.2, -0.15) is 13.2 Å². The number of carbonyl (C=O) groups excluding carboxylic acids is 2.